The van der Waals surface area contributed by atoms with Gasteiger partial charge in [-0.3, -0.25) is 9.59 Å². The largest absolute Gasteiger partial charge is 0.393 e. The highest BCUT2D eigenvalue weighted by atomic mass is 16.6. The van der Waals surface area contributed by atoms with Crippen LogP contribution in [0.2, 0.25) is 0 Å². The van der Waals surface area contributed by atoms with Gasteiger partial charge in [-0.1, -0.05) is 43.3 Å². The van der Waals surface area contributed by atoms with Gasteiger partial charge in [0.15, 0.2) is 0 Å². The van der Waals surface area contributed by atoms with Crippen LogP contribution in [0.25, 0.3) is 10.8 Å². The second-order valence-corrected chi connectivity index (χ2v) is 4.81. The third-order valence-electron chi connectivity index (χ3n) is 3.61. The first-order valence-corrected chi connectivity index (χ1v) is 6.45. The van der Waals surface area contributed by atoms with E-state index >= 15 is 0 Å². The highest BCUT2D eigenvalue weighted by Gasteiger charge is 2.35. The van der Waals surface area contributed by atoms with Gasteiger partial charge in [-0.25, -0.2) is 0 Å². The molecule has 0 aliphatic carbocycles. The number of fused-ring (bicyclic) bond motifs is 1. The molecule has 1 fully saturated rings. The van der Waals surface area contributed by atoms with E-state index in [-0.39, 0.29) is 6.42 Å². The topological polar surface area (TPSA) is 43.4 Å². The van der Waals surface area contributed by atoms with Crippen molar-refractivity contribution in [3.8, 4) is 0 Å². The van der Waals surface area contributed by atoms with Crippen LogP contribution in [-0.2, 0) is 20.7 Å². The van der Waals surface area contributed by atoms with Gasteiger partial charge in [-0.15, -0.1) is 0 Å². The molecule has 2 aromatic carbocycles. The number of ether oxygens (including phenoxy) is 1. The van der Waals surface area contributed by atoms with Crippen LogP contribution in [0.15, 0.2) is 36.4 Å². The van der Waals surface area contributed by atoms with E-state index < -0.39 is 17.9 Å². The number of rotatable bonds is 2. The highest BCUT2D eigenvalue weighted by Crippen LogP contribution is 2.33. The fourth-order valence-corrected chi connectivity index (χ4v) is 2.61. The van der Waals surface area contributed by atoms with E-state index in [9.17, 15) is 9.59 Å². The third-order valence-corrected chi connectivity index (χ3v) is 3.61. The first-order valence-electron chi connectivity index (χ1n) is 6.45. The summed E-state index contributed by atoms with van der Waals surface area (Å²) >= 11 is 0. The van der Waals surface area contributed by atoms with E-state index in [4.69, 9.17) is 0 Å². The van der Waals surface area contributed by atoms with E-state index in [1.54, 1.807) is 0 Å². The lowest BCUT2D eigenvalue weighted by molar-refractivity contribution is -0.152. The molecule has 0 radical (unpaired) electrons. The number of cyclic esters (lactones) is 2. The SMILES string of the molecule is CCc1cc(C2CC(=O)OC2=O)c2ccccc2c1. The molecule has 0 aromatic heterocycles. The molecule has 0 bridgehead atoms. The number of aryl methyl sites for hydroxylation is 1. The zero-order valence-electron chi connectivity index (χ0n) is 10.7. The fourth-order valence-electron chi connectivity index (χ4n) is 2.61. The maximum atomic E-state index is 11.8. The molecule has 2 aromatic rings. The van der Waals surface area contributed by atoms with Crippen molar-refractivity contribution in [1.29, 1.82) is 0 Å². The van der Waals surface area contributed by atoms with Gasteiger partial charge in [0.05, 0.1) is 12.3 Å². The van der Waals surface area contributed by atoms with E-state index in [0.29, 0.717) is 0 Å². The normalized spacial score (nSPS) is 18.9. The van der Waals surface area contributed by atoms with Gasteiger partial charge in [-0.05, 0) is 28.3 Å². The standard InChI is InChI=1S/C16H14O3/c1-2-10-7-11-5-3-4-6-12(11)13(8-10)14-9-15(17)19-16(14)18/h3-8,14H,2,9H2,1H3. The first kappa shape index (κ1) is 11.9. The molecule has 3 heteroatoms. The van der Waals surface area contributed by atoms with Gasteiger partial charge in [0.1, 0.15) is 0 Å². The molecule has 0 saturated carbocycles. The van der Waals surface area contributed by atoms with Crippen LogP contribution in [0.5, 0.6) is 0 Å². The summed E-state index contributed by atoms with van der Waals surface area (Å²) in [4.78, 5) is 23.1. The maximum Gasteiger partial charge on any atom is 0.321 e. The Hall–Kier alpha value is -2.16. The molecule has 1 aliphatic heterocycles. The number of benzene rings is 2. The molecule has 1 unspecified atom stereocenters. The van der Waals surface area contributed by atoms with Gasteiger partial charge >= 0.3 is 11.9 Å². The Morgan fingerprint density at radius 1 is 1.21 bits per heavy atom. The van der Waals surface area contributed by atoms with Crippen molar-refractivity contribution in [2.75, 3.05) is 0 Å². The number of carbonyl (C=O) groups is 2. The average Bonchev–Trinajstić information content (AvgIpc) is 2.76. The summed E-state index contributed by atoms with van der Waals surface area (Å²) in [7, 11) is 0. The molecule has 1 heterocycles. The van der Waals surface area contributed by atoms with E-state index in [1.807, 2.05) is 30.3 Å². The van der Waals surface area contributed by atoms with E-state index in [0.717, 1.165) is 22.8 Å². The smallest absolute Gasteiger partial charge is 0.321 e. The molecule has 1 aliphatic rings. The molecule has 19 heavy (non-hydrogen) atoms. The number of hydrogen-bond acceptors (Lipinski definition) is 3. The Kier molecular flexibility index (Phi) is 2.82. The second kappa shape index (κ2) is 4.50. The summed E-state index contributed by atoms with van der Waals surface area (Å²) in [6.07, 6.45) is 1.05. The van der Waals surface area contributed by atoms with E-state index in [1.165, 1.54) is 5.56 Å². The van der Waals surface area contributed by atoms with Crippen molar-refractivity contribution in [3.05, 3.63) is 47.5 Å². The highest BCUT2D eigenvalue weighted by molar-refractivity contribution is 6.01. The number of carbonyl (C=O) groups excluding carboxylic acids is 2. The monoisotopic (exact) mass is 254 g/mol. The second-order valence-electron chi connectivity index (χ2n) is 4.81. The predicted molar refractivity (Wildman–Crippen MR) is 71.8 cm³/mol. The van der Waals surface area contributed by atoms with Crippen LogP contribution in [-0.4, -0.2) is 11.9 Å². The number of hydrogen-bond donors (Lipinski definition) is 0. The molecule has 0 N–H and O–H groups in total. The Morgan fingerprint density at radius 3 is 2.68 bits per heavy atom. The number of esters is 2. The minimum absolute atomic E-state index is 0.149. The minimum atomic E-state index is -0.455. The van der Waals surface area contributed by atoms with Crippen LogP contribution in [0.1, 0.15) is 30.4 Å². The summed E-state index contributed by atoms with van der Waals surface area (Å²) in [5, 5.41) is 2.13. The summed E-state index contributed by atoms with van der Waals surface area (Å²) < 4.78 is 4.67. The Balaban J connectivity index is 2.21. The summed E-state index contributed by atoms with van der Waals surface area (Å²) in [5.41, 5.74) is 2.08. The lowest BCUT2D eigenvalue weighted by Gasteiger charge is -2.12. The molecular formula is C16H14O3. The van der Waals surface area contributed by atoms with Gasteiger partial charge in [-0.2, -0.15) is 0 Å². The van der Waals surface area contributed by atoms with Crippen LogP contribution < -0.4 is 0 Å². The molecule has 3 nitrogen and oxygen atoms in total. The Bertz CT molecular complexity index is 673. The first-order chi connectivity index (χ1) is 9.19. The summed E-state index contributed by atoms with van der Waals surface area (Å²) in [6, 6.07) is 12.1. The Labute approximate surface area is 111 Å². The molecule has 0 spiro atoms. The van der Waals surface area contributed by atoms with Crippen molar-refractivity contribution in [3.63, 3.8) is 0 Å². The van der Waals surface area contributed by atoms with Gasteiger partial charge in [0.25, 0.3) is 0 Å². The van der Waals surface area contributed by atoms with Gasteiger partial charge in [0, 0.05) is 0 Å². The lowest BCUT2D eigenvalue weighted by atomic mass is 9.90. The van der Waals surface area contributed by atoms with Crippen molar-refractivity contribution >= 4 is 22.7 Å². The predicted octanol–water partition coefficient (Wildman–Crippen LogP) is 2.96. The van der Waals surface area contributed by atoms with Crippen molar-refractivity contribution in [2.24, 2.45) is 0 Å². The lowest BCUT2D eigenvalue weighted by Crippen LogP contribution is -2.06. The summed E-state index contributed by atoms with van der Waals surface area (Å²) in [6.45, 7) is 2.08. The maximum absolute atomic E-state index is 11.8. The third kappa shape index (κ3) is 2.01. The quantitative estimate of drug-likeness (QED) is 0.611. The minimum Gasteiger partial charge on any atom is -0.393 e. The van der Waals surface area contributed by atoms with Crippen molar-refractivity contribution in [1.82, 2.24) is 0 Å². The zero-order valence-corrected chi connectivity index (χ0v) is 10.7. The molecule has 1 atom stereocenters. The molecular weight excluding hydrogens is 240 g/mol. The Morgan fingerprint density at radius 2 is 2.00 bits per heavy atom. The van der Waals surface area contributed by atoms with Crippen molar-refractivity contribution < 1.29 is 14.3 Å². The zero-order chi connectivity index (χ0) is 13.4. The van der Waals surface area contributed by atoms with Gasteiger partial charge in [0.2, 0.25) is 0 Å². The van der Waals surface area contributed by atoms with E-state index in [2.05, 4.69) is 17.7 Å². The molecule has 96 valence electrons. The fraction of sp³-hybridized carbons (Fsp3) is 0.250. The molecule has 1 saturated heterocycles. The molecule has 3 rings (SSSR count). The van der Waals surface area contributed by atoms with Crippen LogP contribution in [0, 0.1) is 0 Å². The average molecular weight is 254 g/mol. The van der Waals surface area contributed by atoms with Crippen LogP contribution >= 0.6 is 0 Å². The van der Waals surface area contributed by atoms with Crippen LogP contribution in [0.4, 0.5) is 0 Å². The molecule has 0 amide bonds. The van der Waals surface area contributed by atoms with Crippen LogP contribution in [0.3, 0.4) is 0 Å². The van der Waals surface area contributed by atoms with Gasteiger partial charge < -0.3 is 4.74 Å². The van der Waals surface area contributed by atoms with Crippen molar-refractivity contribution in [2.45, 2.75) is 25.7 Å². The summed E-state index contributed by atoms with van der Waals surface area (Å²) in [5.74, 6) is -1.31.